The van der Waals surface area contributed by atoms with Crippen LogP contribution in [0.1, 0.15) is 0 Å². The van der Waals surface area contributed by atoms with Gasteiger partial charge in [0.1, 0.15) is 5.82 Å². The maximum atomic E-state index is 13.0. The predicted molar refractivity (Wildman–Crippen MR) is 76.0 cm³/mol. The quantitative estimate of drug-likeness (QED) is 0.623. The van der Waals surface area contributed by atoms with Gasteiger partial charge in [0.2, 0.25) is 5.82 Å². The van der Waals surface area contributed by atoms with Crippen LogP contribution in [0.25, 0.3) is 0 Å². The predicted octanol–water partition coefficient (Wildman–Crippen LogP) is 4.40. The fourth-order valence-electron chi connectivity index (χ4n) is 1.38. The second kappa shape index (κ2) is 5.62. The summed E-state index contributed by atoms with van der Waals surface area (Å²) >= 11 is 6.29. The molecule has 0 aliphatic heterocycles. The lowest BCUT2D eigenvalue weighted by molar-refractivity contribution is -0.384. The maximum absolute atomic E-state index is 13.0. The normalized spacial score (nSPS) is 10.3. The summed E-state index contributed by atoms with van der Waals surface area (Å²) in [7, 11) is 0. The van der Waals surface area contributed by atoms with E-state index in [-0.39, 0.29) is 11.5 Å². The number of hydrogen-bond acceptors (Lipinski definition) is 4. The van der Waals surface area contributed by atoms with Crippen molar-refractivity contribution in [3.8, 4) is 0 Å². The van der Waals surface area contributed by atoms with Crippen LogP contribution in [0.4, 0.5) is 21.6 Å². The Morgan fingerprint density at radius 1 is 1.32 bits per heavy atom. The fraction of sp³-hybridized carbons (Fsp3) is 0. The Kier molecular flexibility index (Phi) is 4.11. The van der Waals surface area contributed by atoms with Gasteiger partial charge in [-0.05, 0) is 50.1 Å². The molecule has 0 unspecified atom stereocenters. The molecule has 0 aliphatic rings. The van der Waals surface area contributed by atoms with Crippen LogP contribution in [0.5, 0.6) is 0 Å². The molecule has 0 amide bonds. The van der Waals surface area contributed by atoms with Gasteiger partial charge in [0.25, 0.3) is 0 Å². The third kappa shape index (κ3) is 3.27. The molecular weight excluding hydrogens is 385 g/mol. The van der Waals surface area contributed by atoms with E-state index >= 15 is 0 Å². The third-order valence-corrected chi connectivity index (χ3v) is 3.30. The van der Waals surface area contributed by atoms with Crippen molar-refractivity contribution in [2.45, 2.75) is 0 Å². The lowest BCUT2D eigenvalue weighted by Crippen LogP contribution is -2.00. The largest absolute Gasteiger partial charge is 0.334 e. The third-order valence-electron chi connectivity index (χ3n) is 2.22. The summed E-state index contributed by atoms with van der Waals surface area (Å²) in [5, 5.41) is 13.7. The zero-order valence-corrected chi connectivity index (χ0v) is 12.4. The highest BCUT2D eigenvalue weighted by molar-refractivity contribution is 9.10. The van der Waals surface area contributed by atoms with E-state index in [4.69, 9.17) is 0 Å². The molecule has 1 aromatic carbocycles. The van der Waals surface area contributed by atoms with Crippen molar-refractivity contribution < 1.29 is 9.31 Å². The van der Waals surface area contributed by atoms with Gasteiger partial charge in [-0.3, -0.25) is 10.1 Å². The first-order valence-corrected chi connectivity index (χ1v) is 6.58. The summed E-state index contributed by atoms with van der Waals surface area (Å²) < 4.78 is 13.9. The number of anilines is 2. The van der Waals surface area contributed by atoms with Crippen LogP contribution in [0, 0.1) is 15.9 Å². The Bertz CT molecular complexity index is 652. The Labute approximate surface area is 124 Å². The summed E-state index contributed by atoms with van der Waals surface area (Å²) in [5.41, 5.74) is 0.310. The summed E-state index contributed by atoms with van der Waals surface area (Å²) in [4.78, 5) is 14.3. The number of nitro groups is 1. The van der Waals surface area contributed by atoms with E-state index in [9.17, 15) is 14.5 Å². The van der Waals surface area contributed by atoms with Gasteiger partial charge in [0.05, 0.1) is 10.6 Å². The standard InChI is InChI=1S/C11H6Br2FN3O2/c12-6-3-10(17(18)19)11(15-5-6)16-9-2-1-7(14)4-8(9)13/h1-5H,(H,15,16). The van der Waals surface area contributed by atoms with Gasteiger partial charge in [0.15, 0.2) is 0 Å². The first kappa shape index (κ1) is 13.9. The number of pyridine rings is 1. The lowest BCUT2D eigenvalue weighted by Gasteiger charge is -2.08. The number of rotatable bonds is 3. The Hall–Kier alpha value is -1.54. The summed E-state index contributed by atoms with van der Waals surface area (Å²) in [6.45, 7) is 0. The second-order valence-corrected chi connectivity index (χ2v) is 5.30. The SMILES string of the molecule is O=[N+]([O-])c1cc(Br)cnc1Nc1ccc(F)cc1Br. The van der Waals surface area contributed by atoms with Gasteiger partial charge in [-0.15, -0.1) is 0 Å². The van der Waals surface area contributed by atoms with Crippen molar-refractivity contribution in [1.29, 1.82) is 0 Å². The van der Waals surface area contributed by atoms with Crippen molar-refractivity contribution in [2.75, 3.05) is 5.32 Å². The number of nitrogens with zero attached hydrogens (tertiary/aromatic N) is 2. The van der Waals surface area contributed by atoms with Gasteiger partial charge < -0.3 is 5.32 Å². The van der Waals surface area contributed by atoms with Crippen molar-refractivity contribution in [3.05, 3.63) is 55.3 Å². The van der Waals surface area contributed by atoms with E-state index in [1.165, 1.54) is 30.5 Å². The number of hydrogen-bond donors (Lipinski definition) is 1. The Balaban J connectivity index is 2.40. The molecule has 5 nitrogen and oxygen atoms in total. The number of nitrogens with one attached hydrogen (secondary N) is 1. The van der Waals surface area contributed by atoms with Crippen LogP contribution in [-0.2, 0) is 0 Å². The molecule has 2 rings (SSSR count). The summed E-state index contributed by atoms with van der Waals surface area (Å²) in [6.07, 6.45) is 1.44. The second-order valence-electron chi connectivity index (χ2n) is 3.53. The van der Waals surface area contributed by atoms with Gasteiger partial charge >= 0.3 is 5.69 Å². The maximum Gasteiger partial charge on any atom is 0.312 e. The van der Waals surface area contributed by atoms with Crippen molar-refractivity contribution in [1.82, 2.24) is 4.98 Å². The molecule has 0 fully saturated rings. The first-order chi connectivity index (χ1) is 8.97. The molecule has 8 heteroatoms. The highest BCUT2D eigenvalue weighted by Gasteiger charge is 2.16. The highest BCUT2D eigenvalue weighted by atomic mass is 79.9. The van der Waals surface area contributed by atoms with Crippen LogP contribution in [0.15, 0.2) is 39.4 Å². The van der Waals surface area contributed by atoms with Gasteiger partial charge in [-0.25, -0.2) is 9.37 Å². The molecule has 0 bridgehead atoms. The first-order valence-electron chi connectivity index (χ1n) is 4.99. The summed E-state index contributed by atoms with van der Waals surface area (Å²) in [6, 6.07) is 5.31. The molecule has 98 valence electrons. The molecule has 1 heterocycles. The zero-order valence-electron chi connectivity index (χ0n) is 9.23. The number of halogens is 3. The molecule has 1 N–H and O–H groups in total. The minimum atomic E-state index is -0.544. The van der Waals surface area contributed by atoms with Crippen LogP contribution in [0.2, 0.25) is 0 Å². The molecule has 0 saturated heterocycles. The van der Waals surface area contributed by atoms with E-state index in [2.05, 4.69) is 42.2 Å². The number of aromatic nitrogens is 1. The summed E-state index contributed by atoms with van der Waals surface area (Å²) in [5.74, 6) is -0.323. The molecule has 0 saturated carbocycles. The van der Waals surface area contributed by atoms with E-state index in [0.717, 1.165) is 0 Å². The van der Waals surface area contributed by atoms with Crippen molar-refractivity contribution >= 4 is 49.1 Å². The molecule has 2 aromatic rings. The lowest BCUT2D eigenvalue weighted by atomic mass is 10.3. The van der Waals surface area contributed by atoms with Gasteiger partial charge in [0, 0.05) is 21.2 Å². The fourth-order valence-corrected chi connectivity index (χ4v) is 2.15. The molecule has 0 aliphatic carbocycles. The van der Waals surface area contributed by atoms with Crippen molar-refractivity contribution in [2.24, 2.45) is 0 Å². The smallest absolute Gasteiger partial charge is 0.312 e. The van der Waals surface area contributed by atoms with E-state index in [1.54, 1.807) is 0 Å². The minimum absolute atomic E-state index is 0.0838. The van der Waals surface area contributed by atoms with E-state index in [1.807, 2.05) is 0 Å². The van der Waals surface area contributed by atoms with Crippen LogP contribution < -0.4 is 5.32 Å². The zero-order chi connectivity index (χ0) is 14.0. The van der Waals surface area contributed by atoms with Gasteiger partial charge in [-0.2, -0.15) is 0 Å². The minimum Gasteiger partial charge on any atom is -0.334 e. The van der Waals surface area contributed by atoms with E-state index in [0.29, 0.717) is 14.6 Å². The Morgan fingerprint density at radius 3 is 2.68 bits per heavy atom. The molecule has 0 atom stereocenters. The van der Waals surface area contributed by atoms with Crippen molar-refractivity contribution in [3.63, 3.8) is 0 Å². The molecular formula is C11H6Br2FN3O2. The van der Waals surface area contributed by atoms with E-state index < -0.39 is 10.7 Å². The molecule has 0 spiro atoms. The average Bonchev–Trinajstić information content (AvgIpc) is 2.34. The van der Waals surface area contributed by atoms with Crippen LogP contribution in [0.3, 0.4) is 0 Å². The number of benzene rings is 1. The van der Waals surface area contributed by atoms with Gasteiger partial charge in [-0.1, -0.05) is 0 Å². The molecule has 0 radical (unpaired) electrons. The topological polar surface area (TPSA) is 68.1 Å². The monoisotopic (exact) mass is 389 g/mol. The van der Waals surface area contributed by atoms with Crippen LogP contribution in [-0.4, -0.2) is 9.91 Å². The Morgan fingerprint density at radius 2 is 2.05 bits per heavy atom. The highest BCUT2D eigenvalue weighted by Crippen LogP contribution is 2.31. The molecule has 1 aromatic heterocycles. The average molecular weight is 391 g/mol. The van der Waals surface area contributed by atoms with Crippen LogP contribution >= 0.6 is 31.9 Å². The molecule has 19 heavy (non-hydrogen) atoms.